The summed E-state index contributed by atoms with van der Waals surface area (Å²) in [5.41, 5.74) is 0.113. The quantitative estimate of drug-likeness (QED) is 0.438. The third kappa shape index (κ3) is 1.93. The molecule has 0 fully saturated rings. The van der Waals surface area contributed by atoms with Crippen molar-refractivity contribution in [1.29, 1.82) is 0 Å². The molecule has 0 aliphatic rings. The predicted octanol–water partition coefficient (Wildman–Crippen LogP) is 1.08. The summed E-state index contributed by atoms with van der Waals surface area (Å²) in [6.07, 6.45) is 0. The summed E-state index contributed by atoms with van der Waals surface area (Å²) in [5.74, 6) is 0. The molecule has 0 saturated carbocycles. The fourth-order valence-electron chi connectivity index (χ4n) is 0.673. The zero-order valence-corrected chi connectivity index (χ0v) is 7.83. The summed E-state index contributed by atoms with van der Waals surface area (Å²) in [4.78, 5) is 9.92. The first-order chi connectivity index (χ1) is 5.25. The number of para-hydroxylation sites is 1. The van der Waals surface area contributed by atoms with Crippen LogP contribution in [0.4, 0.5) is 5.69 Å². The average Bonchev–Trinajstić information content (AvgIpc) is 2.04. The first kappa shape index (κ1) is 8.53. The Bertz CT molecular complexity index is 279. The SMILES string of the molecule is O=[N+]([O-])c1ccccc1[Se]Cl. The van der Waals surface area contributed by atoms with Crippen molar-refractivity contribution in [2.45, 2.75) is 0 Å². The van der Waals surface area contributed by atoms with Crippen molar-refractivity contribution < 1.29 is 4.92 Å². The average molecular weight is 237 g/mol. The number of hydrogen-bond donors (Lipinski definition) is 0. The van der Waals surface area contributed by atoms with Gasteiger partial charge in [0.2, 0.25) is 0 Å². The fourth-order valence-corrected chi connectivity index (χ4v) is 2.09. The van der Waals surface area contributed by atoms with Gasteiger partial charge in [0.1, 0.15) is 0 Å². The van der Waals surface area contributed by atoms with Crippen molar-refractivity contribution >= 4 is 34.3 Å². The molecule has 1 aromatic rings. The molecule has 0 radical (unpaired) electrons. The molecular formula is C6H4ClNO2Se. The van der Waals surface area contributed by atoms with Crippen LogP contribution in [-0.4, -0.2) is 19.0 Å². The first-order valence-corrected chi connectivity index (χ1v) is 5.88. The molecule has 0 aromatic heterocycles. The van der Waals surface area contributed by atoms with Crippen LogP contribution in [0.1, 0.15) is 0 Å². The van der Waals surface area contributed by atoms with Gasteiger partial charge in [-0.3, -0.25) is 0 Å². The number of hydrogen-bond acceptors (Lipinski definition) is 2. The number of halogens is 1. The van der Waals surface area contributed by atoms with E-state index in [0.717, 1.165) is 0 Å². The molecule has 0 atom stereocenters. The monoisotopic (exact) mass is 237 g/mol. The van der Waals surface area contributed by atoms with Crippen molar-refractivity contribution in [1.82, 2.24) is 0 Å². The van der Waals surface area contributed by atoms with Crippen molar-refractivity contribution in [2.24, 2.45) is 0 Å². The molecule has 0 bridgehead atoms. The van der Waals surface area contributed by atoms with Crippen LogP contribution in [0.25, 0.3) is 0 Å². The number of nitrogens with zero attached hydrogens (tertiary/aromatic N) is 1. The minimum absolute atomic E-state index is 0.113. The van der Waals surface area contributed by atoms with E-state index in [2.05, 4.69) is 0 Å². The van der Waals surface area contributed by atoms with Crippen LogP contribution in [-0.2, 0) is 0 Å². The Kier molecular flexibility index (Phi) is 2.88. The molecule has 0 N–H and O–H groups in total. The number of rotatable bonds is 2. The van der Waals surface area contributed by atoms with Gasteiger partial charge in [-0.05, 0) is 0 Å². The Morgan fingerprint density at radius 1 is 1.45 bits per heavy atom. The van der Waals surface area contributed by atoms with Crippen LogP contribution in [0.5, 0.6) is 0 Å². The van der Waals surface area contributed by atoms with Gasteiger partial charge in [-0.1, -0.05) is 0 Å². The summed E-state index contributed by atoms with van der Waals surface area (Å²) >= 11 is -0.330. The molecule has 0 saturated heterocycles. The molecule has 3 nitrogen and oxygen atoms in total. The van der Waals surface area contributed by atoms with E-state index < -0.39 is 4.92 Å². The van der Waals surface area contributed by atoms with Crippen LogP contribution >= 0.6 is 10.1 Å². The third-order valence-corrected chi connectivity index (χ3v) is 3.08. The third-order valence-electron chi connectivity index (χ3n) is 1.15. The van der Waals surface area contributed by atoms with Crippen molar-refractivity contribution in [2.75, 3.05) is 0 Å². The summed E-state index contributed by atoms with van der Waals surface area (Å²) in [7, 11) is 5.53. The maximum absolute atomic E-state index is 10.3. The zero-order valence-electron chi connectivity index (χ0n) is 5.36. The van der Waals surface area contributed by atoms with Gasteiger partial charge < -0.3 is 0 Å². The van der Waals surface area contributed by atoms with Crippen LogP contribution < -0.4 is 4.46 Å². The van der Waals surface area contributed by atoms with Gasteiger partial charge in [0.25, 0.3) is 0 Å². The molecule has 5 heteroatoms. The van der Waals surface area contributed by atoms with Gasteiger partial charge in [0.05, 0.1) is 0 Å². The predicted molar refractivity (Wildman–Crippen MR) is 44.3 cm³/mol. The van der Waals surface area contributed by atoms with E-state index in [4.69, 9.17) is 10.1 Å². The second kappa shape index (κ2) is 3.72. The van der Waals surface area contributed by atoms with Crippen LogP contribution in [0.2, 0.25) is 0 Å². The van der Waals surface area contributed by atoms with E-state index in [1.165, 1.54) is 6.07 Å². The van der Waals surface area contributed by atoms with Gasteiger partial charge >= 0.3 is 73.6 Å². The minimum atomic E-state index is -0.417. The summed E-state index contributed by atoms with van der Waals surface area (Å²) in [6.45, 7) is 0. The standard InChI is InChI=1S/C6H4ClNO2Se/c7-11-6-4-2-1-3-5(6)8(9)10/h1-4H. The van der Waals surface area contributed by atoms with Crippen LogP contribution in [0.15, 0.2) is 24.3 Å². The first-order valence-electron chi connectivity index (χ1n) is 2.77. The Labute approximate surface area is 73.9 Å². The molecular weight excluding hydrogens is 232 g/mol. The van der Waals surface area contributed by atoms with E-state index in [1.54, 1.807) is 18.2 Å². The summed E-state index contributed by atoms with van der Waals surface area (Å²) < 4.78 is 0.617. The van der Waals surface area contributed by atoms with Crippen molar-refractivity contribution in [3.8, 4) is 0 Å². The van der Waals surface area contributed by atoms with Crippen LogP contribution in [0.3, 0.4) is 0 Å². The molecule has 0 heterocycles. The molecule has 0 spiro atoms. The van der Waals surface area contributed by atoms with E-state index in [1.807, 2.05) is 0 Å². The molecule has 0 aliphatic heterocycles. The number of nitro benzene ring substituents is 1. The molecule has 58 valence electrons. The van der Waals surface area contributed by atoms with E-state index in [9.17, 15) is 10.1 Å². The topological polar surface area (TPSA) is 43.1 Å². The van der Waals surface area contributed by atoms with E-state index in [0.29, 0.717) is 4.46 Å². The second-order valence-corrected chi connectivity index (χ2v) is 3.85. The Morgan fingerprint density at radius 3 is 2.55 bits per heavy atom. The molecule has 1 rings (SSSR count). The fraction of sp³-hybridized carbons (Fsp3) is 0. The summed E-state index contributed by atoms with van der Waals surface area (Å²) in [6, 6.07) is 6.50. The molecule has 0 unspecified atom stereocenters. The van der Waals surface area contributed by atoms with Gasteiger partial charge in [0, 0.05) is 0 Å². The van der Waals surface area contributed by atoms with E-state index >= 15 is 0 Å². The van der Waals surface area contributed by atoms with Crippen molar-refractivity contribution in [3.05, 3.63) is 34.4 Å². The normalized spacial score (nSPS) is 9.55. The summed E-state index contributed by atoms with van der Waals surface area (Å²) in [5, 5.41) is 10.3. The molecule has 0 aliphatic carbocycles. The zero-order chi connectivity index (χ0) is 8.27. The molecule has 11 heavy (non-hydrogen) atoms. The van der Waals surface area contributed by atoms with Crippen LogP contribution in [0, 0.1) is 10.1 Å². The van der Waals surface area contributed by atoms with Gasteiger partial charge in [-0.2, -0.15) is 0 Å². The maximum atomic E-state index is 10.3. The Balaban J connectivity index is 3.12. The number of nitro groups is 1. The molecule has 1 aromatic carbocycles. The Hall–Kier alpha value is -0.571. The number of benzene rings is 1. The van der Waals surface area contributed by atoms with Gasteiger partial charge in [0.15, 0.2) is 0 Å². The van der Waals surface area contributed by atoms with Gasteiger partial charge in [-0.15, -0.1) is 0 Å². The van der Waals surface area contributed by atoms with Gasteiger partial charge in [-0.25, -0.2) is 0 Å². The molecule has 0 amide bonds. The van der Waals surface area contributed by atoms with E-state index in [-0.39, 0.29) is 19.7 Å². The Morgan fingerprint density at radius 2 is 2.09 bits per heavy atom. The van der Waals surface area contributed by atoms with Crippen molar-refractivity contribution in [3.63, 3.8) is 0 Å². The second-order valence-electron chi connectivity index (χ2n) is 1.80.